The van der Waals surface area contributed by atoms with Crippen molar-refractivity contribution in [3.05, 3.63) is 94.8 Å². The number of hydrogen-bond donors (Lipinski definition) is 1. The molecule has 34 heavy (non-hydrogen) atoms. The fourth-order valence-corrected chi connectivity index (χ4v) is 3.66. The average molecular weight is 472 g/mol. The van der Waals surface area contributed by atoms with Crippen LogP contribution in [0.5, 0.6) is 5.75 Å². The first-order chi connectivity index (χ1) is 16.1. The fraction of sp³-hybridized carbons (Fsp3) is 0.200. The number of nitrogens with zero attached hydrogens (tertiary/aromatic N) is 1. The first-order valence-electron chi connectivity index (χ1n) is 10.4. The zero-order valence-electron chi connectivity index (χ0n) is 18.0. The van der Waals surface area contributed by atoms with Gasteiger partial charge < -0.3 is 15.0 Å². The molecule has 0 radical (unpaired) electrons. The highest BCUT2D eigenvalue weighted by Crippen LogP contribution is 2.31. The maximum atomic E-state index is 13.2. The summed E-state index contributed by atoms with van der Waals surface area (Å²) in [5.41, 5.74) is 0.636. The Balaban J connectivity index is 1.55. The van der Waals surface area contributed by atoms with E-state index in [1.165, 1.54) is 24.3 Å². The highest BCUT2D eigenvalue weighted by atomic mass is 19.4. The number of carbonyl (C=O) groups is 2. The maximum absolute atomic E-state index is 13.2. The highest BCUT2D eigenvalue weighted by molar-refractivity contribution is 6.04. The Morgan fingerprint density at radius 2 is 1.82 bits per heavy atom. The van der Waals surface area contributed by atoms with Crippen LogP contribution in [0.15, 0.2) is 66.7 Å². The molecule has 3 aromatic carbocycles. The summed E-state index contributed by atoms with van der Waals surface area (Å²) >= 11 is 0. The molecule has 4 rings (SSSR count). The van der Waals surface area contributed by atoms with Gasteiger partial charge in [0.25, 0.3) is 11.8 Å². The van der Waals surface area contributed by atoms with Crippen LogP contribution in [0.4, 0.5) is 23.2 Å². The van der Waals surface area contributed by atoms with Crippen molar-refractivity contribution < 1.29 is 31.9 Å². The van der Waals surface area contributed by atoms with Crippen molar-refractivity contribution in [2.75, 3.05) is 5.32 Å². The van der Waals surface area contributed by atoms with E-state index in [4.69, 9.17) is 4.74 Å². The highest BCUT2D eigenvalue weighted by Gasteiger charge is 2.31. The molecular weight excluding hydrogens is 452 g/mol. The number of alkyl halides is 3. The molecule has 0 saturated heterocycles. The Bertz CT molecular complexity index is 1230. The van der Waals surface area contributed by atoms with Crippen molar-refractivity contribution in [1.82, 2.24) is 4.90 Å². The van der Waals surface area contributed by atoms with Gasteiger partial charge in [-0.3, -0.25) is 9.59 Å². The molecule has 1 N–H and O–H groups in total. The van der Waals surface area contributed by atoms with E-state index < -0.39 is 23.8 Å². The topological polar surface area (TPSA) is 58.6 Å². The second kappa shape index (κ2) is 9.17. The van der Waals surface area contributed by atoms with Crippen LogP contribution in [-0.4, -0.2) is 22.8 Å². The molecule has 3 aromatic rings. The van der Waals surface area contributed by atoms with Gasteiger partial charge in [0.1, 0.15) is 11.6 Å². The largest absolute Gasteiger partial charge is 0.481 e. The molecule has 176 valence electrons. The van der Waals surface area contributed by atoms with Crippen molar-refractivity contribution in [2.45, 2.75) is 32.3 Å². The maximum Gasteiger partial charge on any atom is 0.416 e. The summed E-state index contributed by atoms with van der Waals surface area (Å²) in [7, 11) is 0. The van der Waals surface area contributed by atoms with E-state index in [2.05, 4.69) is 5.32 Å². The number of nitrogens with one attached hydrogen (secondary N) is 1. The third-order valence-corrected chi connectivity index (χ3v) is 5.38. The molecule has 1 aliphatic heterocycles. The Kier molecular flexibility index (Phi) is 6.28. The van der Waals surface area contributed by atoms with Gasteiger partial charge >= 0.3 is 6.18 Å². The summed E-state index contributed by atoms with van der Waals surface area (Å²) in [6, 6.07) is 14.7. The molecule has 0 bridgehead atoms. The van der Waals surface area contributed by atoms with Crippen LogP contribution in [0.1, 0.15) is 34.0 Å². The molecule has 1 unspecified atom stereocenters. The molecule has 0 aromatic heterocycles. The Hall–Kier alpha value is -3.88. The summed E-state index contributed by atoms with van der Waals surface area (Å²) < 4.78 is 57.9. The van der Waals surface area contributed by atoms with E-state index in [1.54, 1.807) is 42.2 Å². The number of benzene rings is 3. The Labute approximate surface area is 193 Å². The third kappa shape index (κ3) is 5.19. The number of ether oxygens (including phenoxy) is 1. The van der Waals surface area contributed by atoms with Crippen molar-refractivity contribution in [3.8, 4) is 5.75 Å². The summed E-state index contributed by atoms with van der Waals surface area (Å²) in [4.78, 5) is 26.9. The van der Waals surface area contributed by atoms with Gasteiger partial charge in [-0.15, -0.1) is 0 Å². The predicted molar refractivity (Wildman–Crippen MR) is 117 cm³/mol. The molecule has 1 heterocycles. The number of amides is 2. The molecule has 0 fully saturated rings. The second-order valence-corrected chi connectivity index (χ2v) is 7.94. The number of anilines is 1. The van der Waals surface area contributed by atoms with E-state index in [0.717, 1.165) is 17.7 Å². The number of rotatable bonds is 4. The average Bonchev–Trinajstić information content (AvgIpc) is 2.91. The van der Waals surface area contributed by atoms with Crippen molar-refractivity contribution in [3.63, 3.8) is 0 Å². The second-order valence-electron chi connectivity index (χ2n) is 7.94. The molecule has 0 saturated carbocycles. The van der Waals surface area contributed by atoms with Gasteiger partial charge in [0.15, 0.2) is 6.10 Å². The van der Waals surface area contributed by atoms with Crippen LogP contribution in [0, 0.1) is 5.82 Å². The molecule has 0 aliphatic carbocycles. The summed E-state index contributed by atoms with van der Waals surface area (Å²) in [6.45, 7) is 2.02. The van der Waals surface area contributed by atoms with Crippen molar-refractivity contribution in [2.24, 2.45) is 0 Å². The minimum Gasteiger partial charge on any atom is -0.481 e. The fourth-order valence-electron chi connectivity index (χ4n) is 3.66. The summed E-state index contributed by atoms with van der Waals surface area (Å²) in [6.07, 6.45) is -5.32. The standard InChI is InChI=1S/C25H20F4N2O3/c1-15-24(33)31(13-16-5-7-20(26)8-6-16)14-18-12-21(9-10-22(18)34-15)30-23(32)17-3-2-4-19(11-17)25(27,28)29/h2-12,15H,13-14H2,1H3,(H,30,32). The first kappa shape index (κ1) is 23.3. The Morgan fingerprint density at radius 3 is 2.53 bits per heavy atom. The lowest BCUT2D eigenvalue weighted by Crippen LogP contribution is -2.37. The third-order valence-electron chi connectivity index (χ3n) is 5.38. The SMILES string of the molecule is CC1Oc2ccc(NC(=O)c3cccc(C(F)(F)F)c3)cc2CN(Cc2ccc(F)cc2)C1=O. The number of fused-ring (bicyclic) bond motifs is 1. The van der Waals surface area contributed by atoms with E-state index in [0.29, 0.717) is 17.0 Å². The number of halogens is 4. The smallest absolute Gasteiger partial charge is 0.416 e. The molecule has 9 heteroatoms. The molecule has 5 nitrogen and oxygen atoms in total. The number of carbonyl (C=O) groups excluding carboxylic acids is 2. The van der Waals surface area contributed by atoms with Gasteiger partial charge in [-0.05, 0) is 61.0 Å². The Morgan fingerprint density at radius 1 is 1.09 bits per heavy atom. The molecular formula is C25H20F4N2O3. The predicted octanol–water partition coefficient (Wildman–Crippen LogP) is 5.41. The lowest BCUT2D eigenvalue weighted by molar-refractivity contribution is -0.138. The first-order valence-corrected chi connectivity index (χ1v) is 10.4. The lowest BCUT2D eigenvalue weighted by atomic mass is 10.1. The zero-order chi connectivity index (χ0) is 24.5. The van der Waals surface area contributed by atoms with Gasteiger partial charge in [0.05, 0.1) is 5.56 Å². The molecule has 2 amide bonds. The summed E-state index contributed by atoms with van der Waals surface area (Å²) in [5, 5.41) is 2.59. The zero-order valence-corrected chi connectivity index (χ0v) is 18.0. The van der Waals surface area contributed by atoms with Crippen molar-refractivity contribution in [1.29, 1.82) is 0 Å². The van der Waals surface area contributed by atoms with E-state index in [1.807, 2.05) is 0 Å². The van der Waals surface area contributed by atoms with Crippen LogP contribution >= 0.6 is 0 Å². The van der Waals surface area contributed by atoms with Gasteiger partial charge in [-0.2, -0.15) is 13.2 Å². The van der Waals surface area contributed by atoms with Crippen LogP contribution in [-0.2, 0) is 24.1 Å². The van der Waals surface area contributed by atoms with Crippen LogP contribution in [0.2, 0.25) is 0 Å². The van der Waals surface area contributed by atoms with Gasteiger partial charge in [0, 0.05) is 29.9 Å². The number of hydrogen-bond acceptors (Lipinski definition) is 3. The van der Waals surface area contributed by atoms with Crippen LogP contribution < -0.4 is 10.1 Å². The minimum atomic E-state index is -4.56. The lowest BCUT2D eigenvalue weighted by Gasteiger charge is -2.22. The van der Waals surface area contributed by atoms with Gasteiger partial charge in [0.2, 0.25) is 0 Å². The molecule has 1 atom stereocenters. The monoisotopic (exact) mass is 472 g/mol. The normalized spacial score (nSPS) is 15.9. The minimum absolute atomic E-state index is 0.136. The molecule has 1 aliphatic rings. The van der Waals surface area contributed by atoms with Gasteiger partial charge in [-0.25, -0.2) is 4.39 Å². The van der Waals surface area contributed by atoms with Crippen LogP contribution in [0.25, 0.3) is 0 Å². The van der Waals surface area contributed by atoms with Crippen molar-refractivity contribution >= 4 is 17.5 Å². The molecule has 0 spiro atoms. The van der Waals surface area contributed by atoms with E-state index in [-0.39, 0.29) is 30.4 Å². The quantitative estimate of drug-likeness (QED) is 0.517. The van der Waals surface area contributed by atoms with Gasteiger partial charge in [-0.1, -0.05) is 18.2 Å². The van der Waals surface area contributed by atoms with E-state index >= 15 is 0 Å². The van der Waals surface area contributed by atoms with Crippen LogP contribution in [0.3, 0.4) is 0 Å². The summed E-state index contributed by atoms with van der Waals surface area (Å²) in [5.74, 6) is -0.878. The van der Waals surface area contributed by atoms with E-state index in [9.17, 15) is 27.2 Å².